The highest BCUT2D eigenvalue weighted by molar-refractivity contribution is 9.09. The largest absolute Gasteiger partial charge is 0.193 e. The van der Waals surface area contributed by atoms with Crippen LogP contribution in [0.2, 0.25) is 5.02 Å². The summed E-state index contributed by atoms with van der Waals surface area (Å²) in [5, 5.41) is 3.85. The molecule has 15 heavy (non-hydrogen) atoms. The predicted octanol–water partition coefficient (Wildman–Crippen LogP) is 4.87. The van der Waals surface area contributed by atoms with Crippen LogP contribution in [0.1, 0.15) is 12.0 Å². The molecule has 0 radical (unpaired) electrons. The number of rotatable bonds is 4. The van der Waals surface area contributed by atoms with E-state index in [0.717, 1.165) is 17.3 Å². The summed E-state index contributed by atoms with van der Waals surface area (Å²) in [7, 11) is 0. The van der Waals surface area contributed by atoms with E-state index in [1.54, 1.807) is 0 Å². The number of hydrogen-bond acceptors (Lipinski definition) is 2. The second-order valence-electron chi connectivity index (χ2n) is 2.79. The Bertz CT molecular complexity index is 411. The van der Waals surface area contributed by atoms with Crippen LogP contribution in [0.15, 0.2) is 29.3 Å². The topological polar surface area (TPSA) is 12.4 Å². The number of isothiocyanates is 1. The van der Waals surface area contributed by atoms with Crippen molar-refractivity contribution in [1.29, 1.82) is 0 Å². The Labute approximate surface area is 108 Å². The number of hydrogen-bond donors (Lipinski definition) is 0. The second-order valence-corrected chi connectivity index (χ2v) is 4.18. The number of benzene rings is 1. The maximum Gasteiger partial charge on any atom is 0.0926 e. The van der Waals surface area contributed by atoms with Gasteiger partial charge in [-0.25, -0.2) is 0 Å². The smallest absolute Gasteiger partial charge is 0.0926 e. The number of allylic oxidation sites excluding steroid dienone is 1. The number of aliphatic imine (C=N–C) groups is 1. The van der Waals surface area contributed by atoms with Crippen LogP contribution in [0, 0.1) is 0 Å². The molecule has 1 aromatic rings. The summed E-state index contributed by atoms with van der Waals surface area (Å²) >= 11 is 13.9. The lowest BCUT2D eigenvalue weighted by Crippen LogP contribution is -1.74. The van der Waals surface area contributed by atoms with Gasteiger partial charge in [0.2, 0.25) is 0 Å². The van der Waals surface area contributed by atoms with Gasteiger partial charge in [-0.2, -0.15) is 4.99 Å². The Balaban J connectivity index is 2.86. The average molecular weight is 303 g/mol. The van der Waals surface area contributed by atoms with E-state index in [2.05, 4.69) is 44.4 Å². The van der Waals surface area contributed by atoms with Crippen molar-refractivity contribution in [2.24, 2.45) is 4.99 Å². The highest BCUT2D eigenvalue weighted by atomic mass is 79.9. The van der Waals surface area contributed by atoms with Crippen LogP contribution in [0.4, 0.5) is 5.69 Å². The van der Waals surface area contributed by atoms with Crippen LogP contribution >= 0.6 is 39.7 Å². The van der Waals surface area contributed by atoms with Crippen molar-refractivity contribution < 1.29 is 0 Å². The molecule has 1 nitrogen and oxygen atoms in total. The van der Waals surface area contributed by atoms with Crippen molar-refractivity contribution in [1.82, 2.24) is 0 Å². The van der Waals surface area contributed by atoms with Crippen LogP contribution in [-0.2, 0) is 0 Å². The SMILES string of the molecule is S=C=Nc1ccc(C=CCCBr)cc1Cl. The van der Waals surface area contributed by atoms with Gasteiger partial charge >= 0.3 is 0 Å². The summed E-state index contributed by atoms with van der Waals surface area (Å²) in [5.41, 5.74) is 1.72. The van der Waals surface area contributed by atoms with Gasteiger partial charge in [-0.1, -0.05) is 45.7 Å². The van der Waals surface area contributed by atoms with Crippen molar-refractivity contribution >= 4 is 56.7 Å². The van der Waals surface area contributed by atoms with Gasteiger partial charge in [-0.3, -0.25) is 0 Å². The summed E-state index contributed by atoms with van der Waals surface area (Å²) in [6.07, 6.45) is 5.11. The van der Waals surface area contributed by atoms with Gasteiger partial charge in [0.05, 0.1) is 15.9 Å². The molecule has 0 bridgehead atoms. The number of halogens is 2. The lowest BCUT2D eigenvalue weighted by atomic mass is 10.2. The Kier molecular flexibility index (Phi) is 5.81. The monoisotopic (exact) mass is 301 g/mol. The van der Waals surface area contributed by atoms with Crippen molar-refractivity contribution in [3.63, 3.8) is 0 Å². The Morgan fingerprint density at radius 1 is 1.53 bits per heavy atom. The van der Waals surface area contributed by atoms with E-state index in [4.69, 9.17) is 11.6 Å². The lowest BCUT2D eigenvalue weighted by molar-refractivity contribution is 1.27. The van der Waals surface area contributed by atoms with Gasteiger partial charge in [0.1, 0.15) is 0 Å². The normalized spacial score (nSPS) is 10.3. The van der Waals surface area contributed by atoms with Crippen LogP contribution in [0.5, 0.6) is 0 Å². The number of nitrogens with zero attached hydrogens (tertiary/aromatic N) is 1. The molecule has 0 atom stereocenters. The fraction of sp³-hybridized carbons (Fsp3) is 0.182. The number of thiocarbonyl (C=S) groups is 1. The summed E-state index contributed by atoms with van der Waals surface area (Å²) in [6.45, 7) is 0. The fourth-order valence-corrected chi connectivity index (χ4v) is 1.64. The molecule has 0 saturated carbocycles. The molecule has 0 unspecified atom stereocenters. The third kappa shape index (κ3) is 4.27. The molecule has 4 heteroatoms. The molecule has 0 aliphatic carbocycles. The third-order valence-corrected chi connectivity index (χ3v) is 2.58. The van der Waals surface area contributed by atoms with E-state index in [0.29, 0.717) is 10.7 Å². The molecule has 0 spiro atoms. The first-order valence-corrected chi connectivity index (χ1v) is 6.28. The molecule has 0 heterocycles. The maximum atomic E-state index is 6.00. The van der Waals surface area contributed by atoms with Gasteiger partial charge < -0.3 is 0 Å². The molecule has 0 amide bonds. The van der Waals surface area contributed by atoms with E-state index < -0.39 is 0 Å². The highest BCUT2D eigenvalue weighted by Crippen LogP contribution is 2.25. The van der Waals surface area contributed by atoms with E-state index in [-0.39, 0.29) is 0 Å². The number of alkyl halides is 1. The van der Waals surface area contributed by atoms with Crippen LogP contribution in [-0.4, -0.2) is 10.5 Å². The fourth-order valence-electron chi connectivity index (χ4n) is 1.05. The standard InChI is InChI=1S/C11H9BrClNS/c12-6-2-1-3-9-4-5-11(14-8-15)10(13)7-9/h1,3-5,7H,2,6H2. The van der Waals surface area contributed by atoms with Crippen molar-refractivity contribution in [3.8, 4) is 0 Å². The van der Waals surface area contributed by atoms with E-state index in [1.807, 2.05) is 24.3 Å². The Morgan fingerprint density at radius 3 is 2.93 bits per heavy atom. The summed E-state index contributed by atoms with van der Waals surface area (Å²) in [6, 6.07) is 5.63. The maximum absolute atomic E-state index is 6.00. The van der Waals surface area contributed by atoms with E-state index in [1.165, 1.54) is 0 Å². The Morgan fingerprint density at radius 2 is 2.33 bits per heavy atom. The molecule has 0 fully saturated rings. The van der Waals surface area contributed by atoms with Crippen molar-refractivity contribution in [3.05, 3.63) is 34.9 Å². The molecular formula is C11H9BrClNS. The molecule has 0 aliphatic heterocycles. The Hall–Kier alpha value is -0.470. The predicted molar refractivity (Wildman–Crippen MR) is 73.6 cm³/mol. The third-order valence-electron chi connectivity index (χ3n) is 1.72. The average Bonchev–Trinajstić information content (AvgIpc) is 2.23. The zero-order valence-electron chi connectivity index (χ0n) is 7.91. The zero-order chi connectivity index (χ0) is 11.1. The van der Waals surface area contributed by atoms with Gasteiger partial charge in [0.25, 0.3) is 0 Å². The summed E-state index contributed by atoms with van der Waals surface area (Å²) in [5.74, 6) is 0. The molecular weight excluding hydrogens is 294 g/mol. The van der Waals surface area contributed by atoms with Gasteiger partial charge in [0, 0.05) is 5.33 Å². The van der Waals surface area contributed by atoms with Gasteiger partial charge in [-0.05, 0) is 36.3 Å². The molecule has 1 rings (SSSR count). The van der Waals surface area contributed by atoms with Crippen LogP contribution in [0.3, 0.4) is 0 Å². The molecule has 0 N–H and O–H groups in total. The van der Waals surface area contributed by atoms with E-state index in [9.17, 15) is 0 Å². The highest BCUT2D eigenvalue weighted by Gasteiger charge is 1.97. The van der Waals surface area contributed by atoms with Gasteiger partial charge in [0.15, 0.2) is 0 Å². The van der Waals surface area contributed by atoms with Crippen molar-refractivity contribution in [2.75, 3.05) is 5.33 Å². The first-order valence-electron chi connectivity index (χ1n) is 4.38. The minimum atomic E-state index is 0.591. The van der Waals surface area contributed by atoms with Crippen LogP contribution in [0.25, 0.3) is 6.08 Å². The first-order chi connectivity index (χ1) is 7.27. The minimum absolute atomic E-state index is 0.591. The lowest BCUT2D eigenvalue weighted by Gasteiger charge is -1.98. The molecule has 0 saturated heterocycles. The molecule has 78 valence electrons. The summed E-state index contributed by atoms with van der Waals surface area (Å²) in [4.78, 5) is 3.85. The van der Waals surface area contributed by atoms with Crippen LogP contribution < -0.4 is 0 Å². The summed E-state index contributed by atoms with van der Waals surface area (Å²) < 4.78 is 0. The van der Waals surface area contributed by atoms with E-state index >= 15 is 0 Å². The molecule has 0 aliphatic rings. The second kappa shape index (κ2) is 6.91. The van der Waals surface area contributed by atoms with Gasteiger partial charge in [-0.15, -0.1) is 0 Å². The minimum Gasteiger partial charge on any atom is -0.193 e. The quantitative estimate of drug-likeness (QED) is 0.439. The molecule has 1 aromatic carbocycles. The molecule has 0 aromatic heterocycles. The first kappa shape index (κ1) is 12.6. The zero-order valence-corrected chi connectivity index (χ0v) is 11.1. The van der Waals surface area contributed by atoms with Crippen molar-refractivity contribution in [2.45, 2.75) is 6.42 Å².